The van der Waals surface area contributed by atoms with Crippen molar-refractivity contribution in [1.82, 2.24) is 9.55 Å². The molecule has 0 spiro atoms. The van der Waals surface area contributed by atoms with E-state index in [1.165, 1.54) is 0 Å². The van der Waals surface area contributed by atoms with Crippen molar-refractivity contribution in [2.75, 3.05) is 12.8 Å². The molecule has 0 bridgehead atoms. The first-order valence-corrected chi connectivity index (χ1v) is 7.99. The molecule has 0 radical (unpaired) electrons. The second-order valence-corrected chi connectivity index (χ2v) is 6.18. The zero-order chi connectivity index (χ0) is 15.6. The first-order chi connectivity index (χ1) is 9.99. The molecule has 0 amide bonds. The summed E-state index contributed by atoms with van der Waals surface area (Å²) < 4.78 is 8.29. The highest BCUT2D eigenvalue weighted by Gasteiger charge is 2.18. The SMILES string of the molecule is CCCc1nc(-c2ccc(OC)c(Br)c2)c(N)n1C(C)C. The van der Waals surface area contributed by atoms with Gasteiger partial charge in [0.25, 0.3) is 0 Å². The van der Waals surface area contributed by atoms with Gasteiger partial charge in [0.1, 0.15) is 23.1 Å². The molecule has 21 heavy (non-hydrogen) atoms. The van der Waals surface area contributed by atoms with Crippen molar-refractivity contribution in [3.8, 4) is 17.0 Å². The summed E-state index contributed by atoms with van der Waals surface area (Å²) in [6.07, 6.45) is 1.98. The molecule has 0 aliphatic rings. The number of nitrogen functional groups attached to an aromatic ring is 1. The molecule has 2 N–H and O–H groups in total. The van der Waals surface area contributed by atoms with Crippen LogP contribution in [0.25, 0.3) is 11.3 Å². The number of benzene rings is 1. The summed E-state index contributed by atoms with van der Waals surface area (Å²) in [6.45, 7) is 6.41. The fourth-order valence-electron chi connectivity index (χ4n) is 2.50. The zero-order valence-electron chi connectivity index (χ0n) is 13.0. The molecule has 2 rings (SSSR count). The van der Waals surface area contributed by atoms with Crippen molar-refractivity contribution in [3.63, 3.8) is 0 Å². The van der Waals surface area contributed by atoms with Gasteiger partial charge >= 0.3 is 0 Å². The van der Waals surface area contributed by atoms with Gasteiger partial charge < -0.3 is 15.0 Å². The van der Waals surface area contributed by atoms with Gasteiger partial charge in [-0.25, -0.2) is 4.98 Å². The smallest absolute Gasteiger partial charge is 0.133 e. The molecule has 1 aromatic heterocycles. The molecule has 1 aromatic carbocycles. The van der Waals surface area contributed by atoms with E-state index in [-0.39, 0.29) is 0 Å². The van der Waals surface area contributed by atoms with Crippen molar-refractivity contribution in [2.45, 2.75) is 39.7 Å². The first kappa shape index (κ1) is 15.9. The lowest BCUT2D eigenvalue weighted by Gasteiger charge is -2.13. The average Bonchev–Trinajstić information content (AvgIpc) is 2.76. The van der Waals surface area contributed by atoms with Gasteiger partial charge in [-0.05, 0) is 54.4 Å². The fraction of sp³-hybridized carbons (Fsp3) is 0.438. The van der Waals surface area contributed by atoms with E-state index >= 15 is 0 Å². The maximum atomic E-state index is 6.34. The lowest BCUT2D eigenvalue weighted by molar-refractivity contribution is 0.412. The van der Waals surface area contributed by atoms with Crippen LogP contribution >= 0.6 is 15.9 Å². The van der Waals surface area contributed by atoms with Crippen LogP contribution in [-0.4, -0.2) is 16.7 Å². The van der Waals surface area contributed by atoms with Crippen LogP contribution in [0.5, 0.6) is 5.75 Å². The Morgan fingerprint density at radius 1 is 1.38 bits per heavy atom. The van der Waals surface area contributed by atoms with E-state index in [0.717, 1.165) is 46.0 Å². The van der Waals surface area contributed by atoms with Crippen LogP contribution in [0, 0.1) is 0 Å². The molecular formula is C16H22BrN3O. The number of rotatable bonds is 5. The number of hydrogen-bond donors (Lipinski definition) is 1. The molecule has 0 fully saturated rings. The van der Waals surface area contributed by atoms with E-state index in [0.29, 0.717) is 6.04 Å². The molecular weight excluding hydrogens is 330 g/mol. The number of aromatic nitrogens is 2. The number of nitrogens with two attached hydrogens (primary N) is 1. The summed E-state index contributed by atoms with van der Waals surface area (Å²) in [5.74, 6) is 2.58. The molecule has 0 aliphatic carbocycles. The number of halogens is 1. The number of aryl methyl sites for hydroxylation is 1. The Kier molecular flexibility index (Phi) is 4.93. The molecule has 0 atom stereocenters. The van der Waals surface area contributed by atoms with Gasteiger partial charge in [0.15, 0.2) is 0 Å². The Morgan fingerprint density at radius 3 is 2.62 bits per heavy atom. The van der Waals surface area contributed by atoms with Crippen LogP contribution < -0.4 is 10.5 Å². The van der Waals surface area contributed by atoms with E-state index in [1.807, 2.05) is 18.2 Å². The molecule has 0 saturated heterocycles. The summed E-state index contributed by atoms with van der Waals surface area (Å²) in [7, 11) is 1.65. The van der Waals surface area contributed by atoms with Crippen LogP contribution in [0.3, 0.4) is 0 Å². The topological polar surface area (TPSA) is 53.1 Å². The van der Waals surface area contributed by atoms with Gasteiger partial charge in [0, 0.05) is 18.0 Å². The quantitative estimate of drug-likeness (QED) is 0.866. The third-order valence-corrected chi connectivity index (χ3v) is 4.06. The standard InChI is InChI=1S/C16H22BrN3O/c1-5-6-14-19-15(16(18)20(14)10(2)3)11-7-8-13(21-4)12(17)9-11/h7-10H,5-6,18H2,1-4H3. The molecule has 0 saturated carbocycles. The monoisotopic (exact) mass is 351 g/mol. The molecule has 1 heterocycles. The number of ether oxygens (including phenoxy) is 1. The molecule has 0 unspecified atom stereocenters. The van der Waals surface area contributed by atoms with Gasteiger partial charge in [-0.15, -0.1) is 0 Å². The first-order valence-electron chi connectivity index (χ1n) is 7.20. The number of imidazole rings is 1. The summed E-state index contributed by atoms with van der Waals surface area (Å²) in [5, 5.41) is 0. The van der Waals surface area contributed by atoms with Crippen LogP contribution in [0.4, 0.5) is 5.82 Å². The maximum Gasteiger partial charge on any atom is 0.133 e. The minimum absolute atomic E-state index is 0.300. The van der Waals surface area contributed by atoms with Crippen molar-refractivity contribution in [3.05, 3.63) is 28.5 Å². The van der Waals surface area contributed by atoms with E-state index in [2.05, 4.69) is 41.3 Å². The van der Waals surface area contributed by atoms with Crippen molar-refractivity contribution in [1.29, 1.82) is 0 Å². The molecule has 114 valence electrons. The summed E-state index contributed by atoms with van der Waals surface area (Å²) >= 11 is 3.51. The Hall–Kier alpha value is -1.49. The van der Waals surface area contributed by atoms with Crippen LogP contribution in [0.2, 0.25) is 0 Å². The van der Waals surface area contributed by atoms with Crippen molar-refractivity contribution >= 4 is 21.7 Å². The fourth-order valence-corrected chi connectivity index (χ4v) is 3.04. The predicted molar refractivity (Wildman–Crippen MR) is 90.7 cm³/mol. The second kappa shape index (κ2) is 6.52. The van der Waals surface area contributed by atoms with Crippen molar-refractivity contribution in [2.24, 2.45) is 0 Å². The number of hydrogen-bond acceptors (Lipinski definition) is 3. The Labute approximate surface area is 134 Å². The molecule has 2 aromatic rings. The van der Waals surface area contributed by atoms with E-state index in [1.54, 1.807) is 7.11 Å². The predicted octanol–water partition coefficient (Wildman–Crippen LogP) is 4.44. The molecule has 4 nitrogen and oxygen atoms in total. The highest BCUT2D eigenvalue weighted by atomic mass is 79.9. The third-order valence-electron chi connectivity index (χ3n) is 3.44. The Bertz CT molecular complexity index is 635. The summed E-state index contributed by atoms with van der Waals surface area (Å²) in [5.41, 5.74) is 8.18. The van der Waals surface area contributed by atoms with Gasteiger partial charge in [-0.2, -0.15) is 0 Å². The lowest BCUT2D eigenvalue weighted by Crippen LogP contribution is -2.09. The van der Waals surface area contributed by atoms with E-state index < -0.39 is 0 Å². The van der Waals surface area contributed by atoms with Gasteiger partial charge in [-0.3, -0.25) is 0 Å². The second-order valence-electron chi connectivity index (χ2n) is 5.32. The maximum absolute atomic E-state index is 6.34. The zero-order valence-corrected chi connectivity index (χ0v) is 14.6. The minimum atomic E-state index is 0.300. The number of anilines is 1. The van der Waals surface area contributed by atoms with Gasteiger partial charge in [0.2, 0.25) is 0 Å². The molecule has 0 aliphatic heterocycles. The largest absolute Gasteiger partial charge is 0.496 e. The Morgan fingerprint density at radius 2 is 2.10 bits per heavy atom. The van der Waals surface area contributed by atoms with Crippen molar-refractivity contribution < 1.29 is 4.74 Å². The van der Waals surface area contributed by atoms with Crippen LogP contribution in [-0.2, 0) is 6.42 Å². The van der Waals surface area contributed by atoms with Gasteiger partial charge in [0.05, 0.1) is 11.6 Å². The van der Waals surface area contributed by atoms with Gasteiger partial charge in [-0.1, -0.05) is 6.92 Å². The number of methoxy groups -OCH3 is 1. The normalized spacial score (nSPS) is 11.1. The summed E-state index contributed by atoms with van der Waals surface area (Å²) in [6, 6.07) is 6.21. The molecule has 5 heteroatoms. The highest BCUT2D eigenvalue weighted by Crippen LogP contribution is 2.34. The minimum Gasteiger partial charge on any atom is -0.496 e. The third kappa shape index (κ3) is 3.07. The Balaban J connectivity index is 2.53. The lowest BCUT2D eigenvalue weighted by atomic mass is 10.1. The van der Waals surface area contributed by atoms with Crippen LogP contribution in [0.1, 0.15) is 39.1 Å². The van der Waals surface area contributed by atoms with Crippen LogP contribution in [0.15, 0.2) is 22.7 Å². The van der Waals surface area contributed by atoms with E-state index in [9.17, 15) is 0 Å². The van der Waals surface area contributed by atoms with E-state index in [4.69, 9.17) is 15.5 Å². The highest BCUT2D eigenvalue weighted by molar-refractivity contribution is 9.10. The average molecular weight is 352 g/mol. The summed E-state index contributed by atoms with van der Waals surface area (Å²) in [4.78, 5) is 4.76. The number of nitrogens with zero attached hydrogens (tertiary/aromatic N) is 2.